The Morgan fingerprint density at radius 3 is 2.23 bits per heavy atom. The van der Waals surface area contributed by atoms with E-state index in [1.165, 1.54) is 36.4 Å². The van der Waals surface area contributed by atoms with Gasteiger partial charge in [0.25, 0.3) is 0 Å². The average molecular weight is 376 g/mol. The molecule has 0 saturated heterocycles. The summed E-state index contributed by atoms with van der Waals surface area (Å²) in [6.07, 6.45) is 0. The normalized spacial score (nSPS) is 12.1. The van der Waals surface area contributed by atoms with Gasteiger partial charge in [-0.25, -0.2) is 8.78 Å². The molecule has 0 aliphatic heterocycles. The molecule has 1 heterocycles. The number of aryl methyl sites for hydroxylation is 1. The van der Waals surface area contributed by atoms with Crippen LogP contribution >= 0.6 is 11.8 Å². The second-order valence-electron chi connectivity index (χ2n) is 5.51. The second-order valence-corrected chi connectivity index (χ2v) is 6.68. The summed E-state index contributed by atoms with van der Waals surface area (Å²) in [6, 6.07) is 11.4. The number of rotatable bonds is 6. The molecule has 0 saturated carbocycles. The van der Waals surface area contributed by atoms with E-state index in [0.717, 1.165) is 11.8 Å². The van der Waals surface area contributed by atoms with Gasteiger partial charge in [0.1, 0.15) is 22.7 Å². The molecule has 3 rings (SSSR count). The van der Waals surface area contributed by atoms with Crippen molar-refractivity contribution in [3.05, 3.63) is 81.7 Å². The van der Waals surface area contributed by atoms with Gasteiger partial charge in [0.05, 0.1) is 0 Å². The van der Waals surface area contributed by atoms with E-state index in [2.05, 4.69) is 10.2 Å². The van der Waals surface area contributed by atoms with Crippen molar-refractivity contribution in [3.63, 3.8) is 0 Å². The van der Waals surface area contributed by atoms with Crippen molar-refractivity contribution in [2.45, 2.75) is 17.3 Å². The lowest BCUT2D eigenvalue weighted by Gasteiger charge is -2.14. The third kappa shape index (κ3) is 4.05. The van der Waals surface area contributed by atoms with E-state index in [1.54, 1.807) is 23.6 Å². The molecule has 134 valence electrons. The minimum Gasteiger partial charge on any atom is -0.274 e. The minimum absolute atomic E-state index is 0.356. The first-order valence-corrected chi connectivity index (χ1v) is 8.54. The predicted molar refractivity (Wildman–Crippen MR) is 92.9 cm³/mol. The SMILES string of the molecule is Cc1nnc(S[C@H](C[N+](=O)[O-])c2ccc(F)cc2)n1-c1ccc(F)cc1. The fourth-order valence-corrected chi connectivity index (χ4v) is 3.63. The van der Waals surface area contributed by atoms with Crippen LogP contribution in [0.25, 0.3) is 5.69 Å². The molecule has 3 aromatic rings. The van der Waals surface area contributed by atoms with Gasteiger partial charge in [-0.15, -0.1) is 10.2 Å². The number of nitrogens with zero attached hydrogens (tertiary/aromatic N) is 4. The van der Waals surface area contributed by atoms with Crippen LogP contribution in [0.3, 0.4) is 0 Å². The van der Waals surface area contributed by atoms with Gasteiger partial charge in [0.2, 0.25) is 6.54 Å². The lowest BCUT2D eigenvalue weighted by atomic mass is 10.1. The van der Waals surface area contributed by atoms with Crippen molar-refractivity contribution in [3.8, 4) is 5.69 Å². The Morgan fingerprint density at radius 2 is 1.65 bits per heavy atom. The van der Waals surface area contributed by atoms with Gasteiger partial charge in [-0.05, 0) is 48.9 Å². The van der Waals surface area contributed by atoms with Crippen LogP contribution in [0.4, 0.5) is 8.78 Å². The maximum absolute atomic E-state index is 13.2. The second kappa shape index (κ2) is 7.61. The van der Waals surface area contributed by atoms with Crippen LogP contribution in [0.1, 0.15) is 16.6 Å². The van der Waals surface area contributed by atoms with Crippen LogP contribution in [0.15, 0.2) is 53.7 Å². The smallest absolute Gasteiger partial charge is 0.220 e. The summed E-state index contributed by atoms with van der Waals surface area (Å²) >= 11 is 1.15. The van der Waals surface area contributed by atoms with Crippen LogP contribution in [0.5, 0.6) is 0 Å². The van der Waals surface area contributed by atoms with Crippen molar-refractivity contribution >= 4 is 11.8 Å². The molecular formula is C17H14F2N4O2S. The maximum Gasteiger partial charge on any atom is 0.220 e. The van der Waals surface area contributed by atoms with Gasteiger partial charge >= 0.3 is 0 Å². The van der Waals surface area contributed by atoms with Crippen molar-refractivity contribution in [1.29, 1.82) is 0 Å². The molecular weight excluding hydrogens is 362 g/mol. The number of aromatic nitrogens is 3. The van der Waals surface area contributed by atoms with Crippen molar-refractivity contribution < 1.29 is 13.7 Å². The monoisotopic (exact) mass is 376 g/mol. The molecule has 0 bridgehead atoms. The third-order valence-corrected chi connectivity index (χ3v) is 4.87. The highest BCUT2D eigenvalue weighted by atomic mass is 32.2. The molecule has 2 aromatic carbocycles. The summed E-state index contributed by atoms with van der Waals surface area (Å²) in [5.41, 5.74) is 1.26. The van der Waals surface area contributed by atoms with Crippen LogP contribution in [0, 0.1) is 28.7 Å². The fourth-order valence-electron chi connectivity index (χ4n) is 2.46. The van der Waals surface area contributed by atoms with Gasteiger partial charge in [0.15, 0.2) is 5.16 Å². The van der Waals surface area contributed by atoms with E-state index in [0.29, 0.717) is 22.2 Å². The molecule has 0 amide bonds. The Bertz CT molecular complexity index is 914. The Hall–Kier alpha value is -2.81. The number of nitro groups is 1. The molecule has 0 fully saturated rings. The van der Waals surface area contributed by atoms with Crippen molar-refractivity contribution in [2.24, 2.45) is 0 Å². The van der Waals surface area contributed by atoms with Crippen molar-refractivity contribution in [2.75, 3.05) is 6.54 Å². The summed E-state index contributed by atoms with van der Waals surface area (Å²) in [6.45, 7) is 1.38. The van der Waals surface area contributed by atoms with Crippen LogP contribution in [0.2, 0.25) is 0 Å². The molecule has 1 aromatic heterocycles. The Labute approximate surface area is 152 Å². The van der Waals surface area contributed by atoms with E-state index in [-0.39, 0.29) is 12.4 Å². The van der Waals surface area contributed by atoms with Gasteiger partial charge in [-0.3, -0.25) is 14.7 Å². The third-order valence-electron chi connectivity index (χ3n) is 3.68. The zero-order valence-corrected chi connectivity index (χ0v) is 14.5. The Kier molecular flexibility index (Phi) is 5.27. The number of hydrogen-bond acceptors (Lipinski definition) is 5. The number of benzene rings is 2. The summed E-state index contributed by atoms with van der Waals surface area (Å²) in [7, 11) is 0. The molecule has 6 nitrogen and oxygen atoms in total. The molecule has 0 aliphatic carbocycles. The molecule has 0 unspecified atom stereocenters. The lowest BCUT2D eigenvalue weighted by molar-refractivity contribution is -0.479. The first-order chi connectivity index (χ1) is 12.4. The molecule has 0 aliphatic rings. The first-order valence-electron chi connectivity index (χ1n) is 7.66. The van der Waals surface area contributed by atoms with Crippen LogP contribution in [-0.4, -0.2) is 26.2 Å². The summed E-state index contributed by atoms with van der Waals surface area (Å²) < 4.78 is 28.0. The van der Waals surface area contributed by atoms with E-state index in [4.69, 9.17) is 0 Å². The Morgan fingerprint density at radius 1 is 1.08 bits per heavy atom. The number of thioether (sulfide) groups is 1. The predicted octanol–water partition coefficient (Wildman–Crippen LogP) is 3.96. The molecule has 0 radical (unpaired) electrons. The van der Waals surface area contributed by atoms with Crippen molar-refractivity contribution in [1.82, 2.24) is 14.8 Å². The van der Waals surface area contributed by atoms with Crippen LogP contribution in [-0.2, 0) is 0 Å². The standard InChI is InChI=1S/C17H14F2N4O2S/c1-11-20-21-17(23(11)15-8-6-14(19)7-9-15)26-16(10-22(24)25)12-2-4-13(18)5-3-12/h2-9,16H,10H2,1H3/t16-/m1/s1. The highest BCUT2D eigenvalue weighted by molar-refractivity contribution is 7.99. The average Bonchev–Trinajstić information content (AvgIpc) is 2.96. The van der Waals surface area contributed by atoms with Crippen LogP contribution < -0.4 is 0 Å². The Balaban J connectivity index is 1.95. The van der Waals surface area contributed by atoms with Gasteiger partial charge in [-0.1, -0.05) is 23.9 Å². The molecule has 1 atom stereocenters. The quantitative estimate of drug-likeness (QED) is 0.370. The zero-order valence-electron chi connectivity index (χ0n) is 13.7. The van der Waals surface area contributed by atoms with E-state index in [9.17, 15) is 18.9 Å². The van der Waals surface area contributed by atoms with Gasteiger partial charge in [0, 0.05) is 10.6 Å². The largest absolute Gasteiger partial charge is 0.274 e. The van der Waals surface area contributed by atoms with Gasteiger partial charge in [-0.2, -0.15) is 0 Å². The topological polar surface area (TPSA) is 73.8 Å². The number of halogens is 2. The molecule has 0 N–H and O–H groups in total. The first kappa shape index (κ1) is 18.0. The summed E-state index contributed by atoms with van der Waals surface area (Å²) in [5.74, 6) is -0.215. The van der Waals surface area contributed by atoms with E-state index in [1.807, 2.05) is 0 Å². The lowest BCUT2D eigenvalue weighted by Crippen LogP contribution is -2.11. The minimum atomic E-state index is -0.576. The van der Waals surface area contributed by atoms with Gasteiger partial charge < -0.3 is 0 Å². The summed E-state index contributed by atoms with van der Waals surface area (Å²) in [5, 5.41) is 19.0. The number of hydrogen-bond donors (Lipinski definition) is 0. The highest BCUT2D eigenvalue weighted by Crippen LogP contribution is 2.36. The van der Waals surface area contributed by atoms with E-state index >= 15 is 0 Å². The summed E-state index contributed by atoms with van der Waals surface area (Å²) in [4.78, 5) is 10.6. The molecule has 0 spiro atoms. The zero-order chi connectivity index (χ0) is 18.7. The fraction of sp³-hybridized carbons (Fsp3) is 0.176. The maximum atomic E-state index is 13.2. The molecule has 9 heteroatoms. The molecule has 26 heavy (non-hydrogen) atoms. The van der Waals surface area contributed by atoms with E-state index < -0.39 is 16.0 Å². The highest BCUT2D eigenvalue weighted by Gasteiger charge is 2.23.